The first kappa shape index (κ1) is 14.5. The van der Waals surface area contributed by atoms with Crippen LogP contribution in [0.3, 0.4) is 0 Å². The molecule has 1 atom stereocenters. The molecule has 2 rings (SSSR count). The summed E-state index contributed by atoms with van der Waals surface area (Å²) < 4.78 is 5.47. The van der Waals surface area contributed by atoms with Crippen LogP contribution in [0.4, 0.5) is 5.69 Å². The molecular formula is C15H17ClN2O2. The third kappa shape index (κ3) is 2.96. The number of carbonyl (C=O) groups is 1. The topological polar surface area (TPSA) is 68.3 Å². The van der Waals surface area contributed by atoms with Gasteiger partial charge < -0.3 is 15.5 Å². The molecule has 0 aliphatic heterocycles. The maximum atomic E-state index is 12.2. The molecule has 1 amide bonds. The molecule has 0 saturated heterocycles. The summed E-state index contributed by atoms with van der Waals surface area (Å²) in [4.78, 5) is 12.2. The summed E-state index contributed by atoms with van der Waals surface area (Å²) in [6.45, 7) is 5.66. The van der Waals surface area contributed by atoms with E-state index >= 15 is 0 Å². The van der Waals surface area contributed by atoms with E-state index in [9.17, 15) is 4.79 Å². The summed E-state index contributed by atoms with van der Waals surface area (Å²) in [7, 11) is 0. The van der Waals surface area contributed by atoms with Crippen LogP contribution in [-0.4, -0.2) is 5.91 Å². The van der Waals surface area contributed by atoms with Gasteiger partial charge >= 0.3 is 0 Å². The number of nitrogen functional groups attached to an aromatic ring is 1. The molecule has 106 valence electrons. The zero-order valence-electron chi connectivity index (χ0n) is 11.7. The number of rotatable bonds is 3. The van der Waals surface area contributed by atoms with Crippen LogP contribution >= 0.6 is 11.6 Å². The molecule has 2 aromatic rings. The van der Waals surface area contributed by atoms with E-state index in [0.717, 1.165) is 17.1 Å². The Morgan fingerprint density at radius 2 is 2.05 bits per heavy atom. The highest BCUT2D eigenvalue weighted by Gasteiger charge is 2.17. The average Bonchev–Trinajstić information content (AvgIpc) is 2.68. The van der Waals surface area contributed by atoms with Crippen molar-refractivity contribution < 1.29 is 9.21 Å². The van der Waals surface area contributed by atoms with E-state index in [4.69, 9.17) is 21.8 Å². The fourth-order valence-corrected chi connectivity index (χ4v) is 2.42. The summed E-state index contributed by atoms with van der Waals surface area (Å²) in [5.74, 6) is 1.39. The Morgan fingerprint density at radius 3 is 2.60 bits per heavy atom. The summed E-state index contributed by atoms with van der Waals surface area (Å²) in [5.41, 5.74) is 7.51. The van der Waals surface area contributed by atoms with E-state index in [0.29, 0.717) is 16.3 Å². The Balaban J connectivity index is 2.17. The van der Waals surface area contributed by atoms with Crippen LogP contribution in [0.25, 0.3) is 0 Å². The minimum Gasteiger partial charge on any atom is -0.466 e. The van der Waals surface area contributed by atoms with Crippen molar-refractivity contribution in [3.05, 3.63) is 51.9 Å². The fraction of sp³-hybridized carbons (Fsp3) is 0.267. The number of halogens is 1. The highest BCUT2D eigenvalue weighted by molar-refractivity contribution is 6.34. The lowest BCUT2D eigenvalue weighted by Gasteiger charge is -2.14. The quantitative estimate of drug-likeness (QED) is 0.849. The number of hydrogen-bond acceptors (Lipinski definition) is 3. The van der Waals surface area contributed by atoms with E-state index < -0.39 is 0 Å². The molecule has 1 heterocycles. The lowest BCUT2D eigenvalue weighted by molar-refractivity contribution is 0.0940. The monoisotopic (exact) mass is 292 g/mol. The minimum atomic E-state index is -0.235. The van der Waals surface area contributed by atoms with Gasteiger partial charge in [-0.05, 0) is 45.0 Å². The van der Waals surface area contributed by atoms with E-state index in [1.807, 2.05) is 26.8 Å². The normalized spacial score (nSPS) is 12.2. The average molecular weight is 293 g/mol. The molecule has 1 unspecified atom stereocenters. The minimum absolute atomic E-state index is 0.159. The van der Waals surface area contributed by atoms with Gasteiger partial charge in [0.25, 0.3) is 5.91 Å². The number of nitrogens with one attached hydrogen (secondary N) is 1. The Kier molecular flexibility index (Phi) is 4.04. The SMILES string of the molecule is Cc1cc(C(C)NC(=O)c2ccc(N)cc2Cl)c(C)o1. The Morgan fingerprint density at radius 1 is 1.35 bits per heavy atom. The molecule has 0 aliphatic rings. The molecule has 0 bridgehead atoms. The molecule has 1 aromatic carbocycles. The standard InChI is InChI=1S/C15H17ClN2O2/c1-8-6-13(10(3)20-8)9(2)18-15(19)12-5-4-11(17)7-14(12)16/h4-7,9H,17H2,1-3H3,(H,18,19). The fourth-order valence-electron chi connectivity index (χ4n) is 2.15. The van der Waals surface area contributed by atoms with E-state index in [1.165, 1.54) is 0 Å². The van der Waals surface area contributed by atoms with E-state index in [2.05, 4.69) is 5.32 Å². The molecule has 0 fully saturated rings. The molecule has 0 aliphatic carbocycles. The van der Waals surface area contributed by atoms with Gasteiger partial charge in [0.15, 0.2) is 0 Å². The molecule has 0 saturated carbocycles. The number of aryl methyl sites for hydroxylation is 2. The zero-order valence-corrected chi connectivity index (χ0v) is 12.4. The predicted molar refractivity (Wildman–Crippen MR) is 79.9 cm³/mol. The summed E-state index contributed by atoms with van der Waals surface area (Å²) in [6, 6.07) is 6.60. The number of carbonyl (C=O) groups excluding carboxylic acids is 1. The van der Waals surface area contributed by atoms with Crippen LogP contribution in [0.1, 0.15) is 40.4 Å². The Bertz CT molecular complexity index is 649. The zero-order chi connectivity index (χ0) is 14.9. The highest BCUT2D eigenvalue weighted by atomic mass is 35.5. The number of furan rings is 1. The van der Waals surface area contributed by atoms with Crippen molar-refractivity contribution in [3.63, 3.8) is 0 Å². The highest BCUT2D eigenvalue weighted by Crippen LogP contribution is 2.23. The lowest BCUT2D eigenvalue weighted by atomic mass is 10.1. The first-order valence-electron chi connectivity index (χ1n) is 6.31. The van der Waals surface area contributed by atoms with Crippen molar-refractivity contribution in [1.29, 1.82) is 0 Å². The van der Waals surface area contributed by atoms with Crippen LogP contribution in [0.2, 0.25) is 5.02 Å². The summed E-state index contributed by atoms with van der Waals surface area (Å²) in [5, 5.41) is 3.25. The van der Waals surface area contributed by atoms with Gasteiger partial charge in [-0.2, -0.15) is 0 Å². The van der Waals surface area contributed by atoms with Gasteiger partial charge in [-0.25, -0.2) is 0 Å². The van der Waals surface area contributed by atoms with Crippen LogP contribution in [0.15, 0.2) is 28.7 Å². The molecule has 5 heteroatoms. The van der Waals surface area contributed by atoms with Gasteiger partial charge in [0.05, 0.1) is 16.6 Å². The largest absolute Gasteiger partial charge is 0.466 e. The smallest absolute Gasteiger partial charge is 0.253 e. The van der Waals surface area contributed by atoms with Crippen LogP contribution in [0.5, 0.6) is 0 Å². The first-order valence-corrected chi connectivity index (χ1v) is 6.69. The number of anilines is 1. The van der Waals surface area contributed by atoms with E-state index in [1.54, 1.807) is 18.2 Å². The van der Waals surface area contributed by atoms with Gasteiger partial charge in [-0.15, -0.1) is 0 Å². The van der Waals surface area contributed by atoms with Gasteiger partial charge in [-0.1, -0.05) is 11.6 Å². The number of amides is 1. The maximum Gasteiger partial charge on any atom is 0.253 e. The molecular weight excluding hydrogens is 276 g/mol. The third-order valence-electron chi connectivity index (χ3n) is 3.13. The lowest BCUT2D eigenvalue weighted by Crippen LogP contribution is -2.27. The Labute approximate surface area is 122 Å². The Hall–Kier alpha value is -1.94. The molecule has 0 spiro atoms. The van der Waals surface area contributed by atoms with Crippen molar-refractivity contribution in [2.75, 3.05) is 5.73 Å². The van der Waals surface area contributed by atoms with Crippen LogP contribution < -0.4 is 11.1 Å². The molecule has 1 aromatic heterocycles. The van der Waals surface area contributed by atoms with Gasteiger partial charge in [-0.3, -0.25) is 4.79 Å². The summed E-state index contributed by atoms with van der Waals surface area (Å²) >= 11 is 6.03. The predicted octanol–water partition coefficient (Wildman–Crippen LogP) is 3.62. The van der Waals surface area contributed by atoms with Gasteiger partial charge in [0.1, 0.15) is 11.5 Å². The molecule has 3 N–H and O–H groups in total. The van der Waals surface area contributed by atoms with Gasteiger partial charge in [0, 0.05) is 11.3 Å². The van der Waals surface area contributed by atoms with Crippen LogP contribution in [0, 0.1) is 13.8 Å². The van der Waals surface area contributed by atoms with Gasteiger partial charge in [0.2, 0.25) is 0 Å². The number of hydrogen-bond donors (Lipinski definition) is 2. The summed E-state index contributed by atoms with van der Waals surface area (Å²) in [6.07, 6.45) is 0. The number of nitrogens with two attached hydrogens (primary N) is 1. The van der Waals surface area contributed by atoms with Crippen LogP contribution in [-0.2, 0) is 0 Å². The second-order valence-electron chi connectivity index (χ2n) is 4.80. The van der Waals surface area contributed by atoms with E-state index in [-0.39, 0.29) is 11.9 Å². The molecule has 20 heavy (non-hydrogen) atoms. The second-order valence-corrected chi connectivity index (χ2v) is 5.21. The maximum absolute atomic E-state index is 12.2. The van der Waals surface area contributed by atoms with Crippen molar-refractivity contribution >= 4 is 23.2 Å². The van der Waals surface area contributed by atoms with Crippen molar-refractivity contribution in [1.82, 2.24) is 5.32 Å². The van der Waals surface area contributed by atoms with Crippen molar-refractivity contribution in [3.8, 4) is 0 Å². The molecule has 0 radical (unpaired) electrons. The first-order chi connectivity index (χ1) is 9.38. The van der Waals surface area contributed by atoms with Crippen molar-refractivity contribution in [2.45, 2.75) is 26.8 Å². The molecule has 4 nitrogen and oxygen atoms in total. The third-order valence-corrected chi connectivity index (χ3v) is 3.44. The second kappa shape index (κ2) is 5.59. The number of benzene rings is 1. The van der Waals surface area contributed by atoms with Crippen molar-refractivity contribution in [2.24, 2.45) is 0 Å².